The number of rotatable bonds is 5. The summed E-state index contributed by atoms with van der Waals surface area (Å²) >= 11 is 6.13. The Labute approximate surface area is 185 Å². The number of hydrogen-bond donors (Lipinski definition) is 1. The van der Waals surface area contributed by atoms with Crippen LogP contribution in [0.2, 0.25) is 5.02 Å². The monoisotopic (exact) mass is 424 g/mol. The molecule has 0 unspecified atom stereocenters. The summed E-state index contributed by atoms with van der Waals surface area (Å²) in [5.74, 6) is 0.201. The summed E-state index contributed by atoms with van der Waals surface area (Å²) in [6.07, 6.45) is 2.97. The first kappa shape index (κ1) is 20.2. The Hall–Kier alpha value is -4.07. The van der Waals surface area contributed by atoms with Crippen LogP contribution in [0, 0.1) is 11.3 Å². The zero-order valence-electron chi connectivity index (χ0n) is 16.4. The maximum Gasteiger partial charge on any atom is 0.250 e. The molecular formula is C26H17ClN2O2. The van der Waals surface area contributed by atoms with Crippen LogP contribution in [0.25, 0.3) is 28.5 Å². The van der Waals surface area contributed by atoms with Crippen LogP contribution in [-0.4, -0.2) is 5.91 Å². The summed E-state index contributed by atoms with van der Waals surface area (Å²) in [6, 6.07) is 28.4. The molecule has 31 heavy (non-hydrogen) atoms. The molecule has 0 bridgehead atoms. The summed E-state index contributed by atoms with van der Waals surface area (Å²) in [5, 5.41) is 13.1. The van der Waals surface area contributed by atoms with E-state index in [2.05, 4.69) is 11.4 Å². The molecule has 0 aliphatic carbocycles. The van der Waals surface area contributed by atoms with Gasteiger partial charge < -0.3 is 4.42 Å². The van der Waals surface area contributed by atoms with E-state index in [9.17, 15) is 10.1 Å². The van der Waals surface area contributed by atoms with Crippen LogP contribution in [0.5, 0.6) is 0 Å². The highest BCUT2D eigenvalue weighted by Gasteiger charge is 2.23. The molecule has 4 nitrogen and oxygen atoms in total. The highest BCUT2D eigenvalue weighted by atomic mass is 35.5. The molecule has 0 spiro atoms. The average Bonchev–Trinajstić information content (AvgIpc) is 3.17. The second kappa shape index (κ2) is 9.17. The minimum absolute atomic E-state index is 0.106. The zero-order valence-corrected chi connectivity index (χ0v) is 17.1. The molecule has 4 aromatic rings. The Morgan fingerprint density at radius 1 is 0.903 bits per heavy atom. The van der Waals surface area contributed by atoms with Gasteiger partial charge in [-0.1, -0.05) is 90.5 Å². The van der Waals surface area contributed by atoms with Gasteiger partial charge in [-0.2, -0.15) is 5.26 Å². The van der Waals surface area contributed by atoms with Gasteiger partial charge in [0.15, 0.2) is 0 Å². The van der Waals surface area contributed by atoms with E-state index in [4.69, 9.17) is 16.0 Å². The Kier molecular flexibility index (Phi) is 5.98. The van der Waals surface area contributed by atoms with Crippen LogP contribution in [-0.2, 0) is 4.79 Å². The lowest BCUT2D eigenvalue weighted by Gasteiger charge is -2.03. The summed E-state index contributed by atoms with van der Waals surface area (Å²) in [7, 11) is 0. The number of benzene rings is 3. The van der Waals surface area contributed by atoms with Gasteiger partial charge in [0.2, 0.25) is 5.88 Å². The van der Waals surface area contributed by atoms with Gasteiger partial charge in [-0.25, -0.2) is 0 Å². The molecule has 5 heteroatoms. The Bertz CT molecular complexity index is 1290. The van der Waals surface area contributed by atoms with Crippen LogP contribution in [0.4, 0.5) is 5.88 Å². The first-order chi connectivity index (χ1) is 15.2. The molecule has 3 aromatic carbocycles. The molecule has 150 valence electrons. The maximum absolute atomic E-state index is 12.5. The van der Waals surface area contributed by atoms with Crippen molar-refractivity contribution in [2.24, 2.45) is 0 Å². The number of anilines is 1. The van der Waals surface area contributed by atoms with E-state index in [0.717, 1.165) is 11.1 Å². The highest BCUT2D eigenvalue weighted by Crippen LogP contribution is 2.41. The van der Waals surface area contributed by atoms with Crippen molar-refractivity contribution in [3.05, 3.63) is 107 Å². The topological polar surface area (TPSA) is 66.0 Å². The number of nitriles is 1. The fraction of sp³-hybridized carbons (Fsp3) is 0. The Morgan fingerprint density at radius 3 is 2.16 bits per heavy atom. The standard InChI is InChI=1S/C26H17ClN2O2/c27-22-14-8-7-9-18(22)15-16-23(30)29-26-21(17-28)24(19-10-3-1-4-11-19)25(31-26)20-12-5-2-6-13-20/h1-16H,(H,29,30). The summed E-state index contributed by atoms with van der Waals surface area (Å²) in [5.41, 5.74) is 3.26. The Balaban J connectivity index is 1.73. The number of furan rings is 1. The van der Waals surface area contributed by atoms with Gasteiger partial charge in [0.25, 0.3) is 5.91 Å². The lowest BCUT2D eigenvalue weighted by molar-refractivity contribution is -0.111. The van der Waals surface area contributed by atoms with E-state index >= 15 is 0 Å². The molecule has 0 radical (unpaired) electrons. The third-order valence-electron chi connectivity index (χ3n) is 4.67. The first-order valence-corrected chi connectivity index (χ1v) is 9.96. The molecule has 4 rings (SSSR count). The fourth-order valence-corrected chi connectivity index (χ4v) is 3.43. The minimum atomic E-state index is -0.426. The summed E-state index contributed by atoms with van der Waals surface area (Å²) in [6.45, 7) is 0. The Morgan fingerprint density at radius 2 is 1.52 bits per heavy atom. The second-order valence-corrected chi connectivity index (χ2v) is 7.11. The quantitative estimate of drug-likeness (QED) is 0.358. The van der Waals surface area contributed by atoms with Crippen LogP contribution >= 0.6 is 11.6 Å². The number of carbonyl (C=O) groups is 1. The van der Waals surface area contributed by atoms with Gasteiger partial charge in [0.05, 0.1) is 0 Å². The molecule has 1 aromatic heterocycles. The van der Waals surface area contributed by atoms with Crippen molar-refractivity contribution < 1.29 is 9.21 Å². The molecule has 1 N–H and O–H groups in total. The van der Waals surface area contributed by atoms with Gasteiger partial charge in [0.1, 0.15) is 17.4 Å². The van der Waals surface area contributed by atoms with E-state index in [0.29, 0.717) is 21.9 Å². The predicted molar refractivity (Wildman–Crippen MR) is 123 cm³/mol. The fourth-order valence-electron chi connectivity index (χ4n) is 3.23. The van der Waals surface area contributed by atoms with Crippen LogP contribution in [0.3, 0.4) is 0 Å². The van der Waals surface area contributed by atoms with E-state index < -0.39 is 5.91 Å². The van der Waals surface area contributed by atoms with Crippen molar-refractivity contribution in [1.29, 1.82) is 5.26 Å². The van der Waals surface area contributed by atoms with Crippen LogP contribution in [0.1, 0.15) is 11.1 Å². The van der Waals surface area contributed by atoms with E-state index in [1.54, 1.807) is 18.2 Å². The van der Waals surface area contributed by atoms with Crippen molar-refractivity contribution in [3.8, 4) is 28.5 Å². The third kappa shape index (κ3) is 4.42. The van der Waals surface area contributed by atoms with Gasteiger partial charge in [0, 0.05) is 22.2 Å². The molecular weight excluding hydrogens is 408 g/mol. The number of halogens is 1. The van der Waals surface area contributed by atoms with E-state index in [1.165, 1.54) is 6.08 Å². The number of amides is 1. The lowest BCUT2D eigenvalue weighted by Crippen LogP contribution is -2.08. The number of nitrogens with one attached hydrogen (secondary N) is 1. The van der Waals surface area contributed by atoms with E-state index in [1.807, 2.05) is 72.8 Å². The van der Waals surface area contributed by atoms with E-state index in [-0.39, 0.29) is 11.4 Å². The first-order valence-electron chi connectivity index (χ1n) is 9.58. The predicted octanol–water partition coefficient (Wildman–Crippen LogP) is 6.79. The van der Waals surface area contributed by atoms with Crippen molar-refractivity contribution in [3.63, 3.8) is 0 Å². The molecule has 0 saturated carbocycles. The smallest absolute Gasteiger partial charge is 0.250 e. The number of hydrogen-bond acceptors (Lipinski definition) is 3. The number of nitrogens with zero attached hydrogens (tertiary/aromatic N) is 1. The minimum Gasteiger partial charge on any atom is -0.438 e. The van der Waals surface area contributed by atoms with Crippen LogP contribution in [0.15, 0.2) is 95.4 Å². The lowest BCUT2D eigenvalue weighted by atomic mass is 9.98. The SMILES string of the molecule is N#Cc1c(NC(=O)C=Cc2ccccc2Cl)oc(-c2ccccc2)c1-c1ccccc1. The molecule has 0 aliphatic rings. The van der Waals surface area contributed by atoms with Crippen molar-refractivity contribution in [1.82, 2.24) is 0 Å². The third-order valence-corrected chi connectivity index (χ3v) is 5.02. The highest BCUT2D eigenvalue weighted by molar-refractivity contribution is 6.32. The number of carbonyl (C=O) groups excluding carboxylic acids is 1. The van der Waals surface area contributed by atoms with Gasteiger partial charge in [-0.3, -0.25) is 10.1 Å². The largest absolute Gasteiger partial charge is 0.438 e. The van der Waals surface area contributed by atoms with Gasteiger partial charge in [-0.15, -0.1) is 0 Å². The normalized spacial score (nSPS) is 10.7. The van der Waals surface area contributed by atoms with Crippen molar-refractivity contribution in [2.45, 2.75) is 0 Å². The molecule has 0 atom stereocenters. The van der Waals surface area contributed by atoms with Crippen molar-refractivity contribution in [2.75, 3.05) is 5.32 Å². The molecule has 0 fully saturated rings. The molecule has 0 saturated heterocycles. The summed E-state index contributed by atoms with van der Waals surface area (Å²) < 4.78 is 6.01. The van der Waals surface area contributed by atoms with Gasteiger partial charge in [-0.05, 0) is 23.3 Å². The zero-order chi connectivity index (χ0) is 21.6. The average molecular weight is 425 g/mol. The maximum atomic E-state index is 12.5. The molecule has 1 heterocycles. The van der Waals surface area contributed by atoms with Gasteiger partial charge >= 0.3 is 0 Å². The van der Waals surface area contributed by atoms with Crippen LogP contribution < -0.4 is 5.32 Å². The molecule has 1 amide bonds. The van der Waals surface area contributed by atoms with Crippen molar-refractivity contribution >= 4 is 29.5 Å². The summed E-state index contributed by atoms with van der Waals surface area (Å²) in [4.78, 5) is 12.5. The second-order valence-electron chi connectivity index (χ2n) is 6.70. The molecule has 0 aliphatic heterocycles.